The van der Waals surface area contributed by atoms with E-state index < -0.39 is 11.7 Å². The Labute approximate surface area is 169 Å². The normalized spacial score (nSPS) is 12.0. The van der Waals surface area contributed by atoms with E-state index in [2.05, 4.69) is 21.1 Å². The van der Waals surface area contributed by atoms with Gasteiger partial charge >= 0.3 is 6.18 Å². The molecule has 0 saturated carbocycles. The van der Waals surface area contributed by atoms with Crippen LogP contribution in [0.2, 0.25) is 0 Å². The molecule has 0 saturated heterocycles. The molecule has 5 rings (SSSR count). The van der Waals surface area contributed by atoms with Crippen LogP contribution in [0.1, 0.15) is 16.8 Å². The van der Waals surface area contributed by atoms with Crippen LogP contribution in [0.4, 0.5) is 13.2 Å². The summed E-state index contributed by atoms with van der Waals surface area (Å²) in [5.74, 6) is 0. The number of pyridine rings is 1. The number of hydrogen-bond acceptors (Lipinski definition) is 3. The number of aromatic nitrogens is 4. The first kappa shape index (κ1) is 18.3. The third-order valence-corrected chi connectivity index (χ3v) is 4.99. The van der Waals surface area contributed by atoms with Gasteiger partial charge in [-0.15, -0.1) is 0 Å². The highest BCUT2D eigenvalue weighted by atomic mass is 19.4. The Balaban J connectivity index is 1.49. The summed E-state index contributed by atoms with van der Waals surface area (Å²) < 4.78 is 40.2. The molecule has 0 unspecified atom stereocenters. The quantitative estimate of drug-likeness (QED) is 0.396. The molecule has 0 N–H and O–H groups in total. The zero-order valence-electron chi connectivity index (χ0n) is 15.6. The number of imidazole rings is 1. The number of benzene rings is 2. The fourth-order valence-electron chi connectivity index (χ4n) is 3.47. The molecule has 3 heterocycles. The van der Waals surface area contributed by atoms with E-state index in [9.17, 15) is 13.2 Å². The van der Waals surface area contributed by atoms with E-state index in [0.717, 1.165) is 34.3 Å². The molecule has 0 radical (unpaired) electrons. The third kappa shape index (κ3) is 3.39. The molecule has 0 aliphatic heterocycles. The molecule has 4 nitrogen and oxygen atoms in total. The Morgan fingerprint density at radius 2 is 1.70 bits per heavy atom. The van der Waals surface area contributed by atoms with Crippen molar-refractivity contribution < 1.29 is 13.2 Å². The molecule has 30 heavy (non-hydrogen) atoms. The summed E-state index contributed by atoms with van der Waals surface area (Å²) in [4.78, 5) is 8.73. The van der Waals surface area contributed by atoms with Crippen molar-refractivity contribution in [1.29, 1.82) is 0 Å². The van der Waals surface area contributed by atoms with Gasteiger partial charge in [0.1, 0.15) is 0 Å². The first-order valence-corrected chi connectivity index (χ1v) is 9.32. The van der Waals surface area contributed by atoms with Crippen LogP contribution >= 0.6 is 0 Å². The van der Waals surface area contributed by atoms with Crippen molar-refractivity contribution in [1.82, 2.24) is 19.6 Å². The van der Waals surface area contributed by atoms with Gasteiger partial charge in [0.25, 0.3) is 0 Å². The second kappa shape index (κ2) is 6.95. The molecule has 2 aromatic carbocycles. The van der Waals surface area contributed by atoms with Gasteiger partial charge in [-0.1, -0.05) is 24.3 Å². The van der Waals surface area contributed by atoms with E-state index in [1.807, 2.05) is 30.3 Å². The van der Waals surface area contributed by atoms with Gasteiger partial charge in [0.2, 0.25) is 0 Å². The summed E-state index contributed by atoms with van der Waals surface area (Å²) in [6.45, 7) is 0. The largest absolute Gasteiger partial charge is 0.416 e. The summed E-state index contributed by atoms with van der Waals surface area (Å²) in [5, 5.41) is 5.67. The van der Waals surface area contributed by atoms with E-state index in [1.54, 1.807) is 23.0 Å². The highest BCUT2D eigenvalue weighted by Crippen LogP contribution is 2.30. The van der Waals surface area contributed by atoms with Gasteiger partial charge in [-0.25, -0.2) is 9.50 Å². The summed E-state index contributed by atoms with van der Waals surface area (Å²) in [5.41, 5.74) is 4.12. The lowest BCUT2D eigenvalue weighted by Gasteiger charge is -2.08. The molecule has 148 valence electrons. The van der Waals surface area contributed by atoms with Crippen LogP contribution in [0.3, 0.4) is 0 Å². The molecular weight excluding hydrogens is 389 g/mol. The Morgan fingerprint density at radius 1 is 0.867 bits per heavy atom. The molecular formula is C23H15F3N4. The maximum atomic E-state index is 12.8. The van der Waals surface area contributed by atoms with Crippen LogP contribution in [-0.2, 0) is 12.6 Å². The molecule has 0 atom stereocenters. The Morgan fingerprint density at radius 3 is 2.50 bits per heavy atom. The number of fused-ring (bicyclic) bond motifs is 2. The second-order valence-corrected chi connectivity index (χ2v) is 7.02. The highest BCUT2D eigenvalue weighted by Gasteiger charge is 2.30. The topological polar surface area (TPSA) is 43.1 Å². The number of alkyl halides is 3. The fourth-order valence-corrected chi connectivity index (χ4v) is 3.47. The van der Waals surface area contributed by atoms with Crippen molar-refractivity contribution in [3.8, 4) is 11.3 Å². The van der Waals surface area contributed by atoms with Gasteiger partial charge in [0.15, 0.2) is 5.65 Å². The number of hydrogen-bond donors (Lipinski definition) is 0. The smallest absolute Gasteiger partial charge is 0.256 e. The van der Waals surface area contributed by atoms with Crippen LogP contribution in [0, 0.1) is 0 Å². The fraction of sp³-hybridized carbons (Fsp3) is 0.0870. The summed E-state index contributed by atoms with van der Waals surface area (Å²) in [7, 11) is 0. The Kier molecular flexibility index (Phi) is 4.24. The molecule has 0 aliphatic carbocycles. The van der Waals surface area contributed by atoms with Gasteiger partial charge in [-0.2, -0.15) is 18.3 Å². The van der Waals surface area contributed by atoms with Crippen molar-refractivity contribution in [2.24, 2.45) is 0 Å². The molecule has 3 aromatic heterocycles. The number of rotatable bonds is 3. The predicted octanol–water partition coefficient (Wildman–Crippen LogP) is 5.55. The predicted molar refractivity (Wildman–Crippen MR) is 108 cm³/mol. The Hall–Kier alpha value is -3.74. The first-order chi connectivity index (χ1) is 14.5. The lowest BCUT2D eigenvalue weighted by atomic mass is 10.1. The third-order valence-electron chi connectivity index (χ3n) is 4.99. The van der Waals surface area contributed by atoms with E-state index in [0.29, 0.717) is 23.3 Å². The lowest BCUT2D eigenvalue weighted by molar-refractivity contribution is -0.137. The van der Waals surface area contributed by atoms with Crippen LogP contribution in [-0.4, -0.2) is 19.6 Å². The minimum Gasteiger partial charge on any atom is -0.256 e. The van der Waals surface area contributed by atoms with E-state index in [-0.39, 0.29) is 0 Å². The van der Waals surface area contributed by atoms with Crippen LogP contribution in [0.5, 0.6) is 0 Å². The molecule has 0 aliphatic rings. The standard InChI is InChI=1S/C23H15F3N4/c24-23(25,26)18-6-4-16(5-7-18)21-9-10-22-28-14-19(30(22)29-21)13-15-3-8-20-17(12-15)2-1-11-27-20/h1-12,14H,13H2. The van der Waals surface area contributed by atoms with Gasteiger partial charge in [-0.3, -0.25) is 4.98 Å². The van der Waals surface area contributed by atoms with Crippen LogP contribution in [0.25, 0.3) is 27.8 Å². The van der Waals surface area contributed by atoms with Gasteiger partial charge in [-0.05, 0) is 48.0 Å². The van der Waals surface area contributed by atoms with Crippen molar-refractivity contribution in [3.05, 3.63) is 95.9 Å². The average molecular weight is 404 g/mol. The second-order valence-electron chi connectivity index (χ2n) is 7.02. The molecule has 5 aromatic rings. The molecule has 0 fully saturated rings. The minimum absolute atomic E-state index is 0.582. The summed E-state index contributed by atoms with van der Waals surface area (Å²) in [6, 6.07) is 18.6. The molecule has 7 heteroatoms. The average Bonchev–Trinajstić information content (AvgIpc) is 3.15. The lowest BCUT2D eigenvalue weighted by Crippen LogP contribution is -2.04. The van der Waals surface area contributed by atoms with Crippen molar-refractivity contribution >= 4 is 16.6 Å². The van der Waals surface area contributed by atoms with Gasteiger partial charge in [0.05, 0.1) is 28.7 Å². The maximum absolute atomic E-state index is 12.8. The highest BCUT2D eigenvalue weighted by molar-refractivity contribution is 5.79. The van der Waals surface area contributed by atoms with E-state index in [4.69, 9.17) is 0 Å². The zero-order valence-corrected chi connectivity index (χ0v) is 15.6. The van der Waals surface area contributed by atoms with E-state index in [1.165, 1.54) is 12.1 Å². The minimum atomic E-state index is -4.36. The zero-order chi connectivity index (χ0) is 20.7. The van der Waals surface area contributed by atoms with Crippen LogP contribution in [0.15, 0.2) is 79.1 Å². The van der Waals surface area contributed by atoms with Crippen molar-refractivity contribution in [2.45, 2.75) is 12.6 Å². The summed E-state index contributed by atoms with van der Waals surface area (Å²) in [6.07, 6.45) is -0.205. The van der Waals surface area contributed by atoms with Gasteiger partial charge < -0.3 is 0 Å². The number of nitrogens with zero attached hydrogens (tertiary/aromatic N) is 4. The Bertz CT molecular complexity index is 1350. The molecule has 0 bridgehead atoms. The van der Waals surface area contributed by atoms with Gasteiger partial charge in [0, 0.05) is 23.6 Å². The molecule has 0 spiro atoms. The van der Waals surface area contributed by atoms with Crippen LogP contribution < -0.4 is 0 Å². The SMILES string of the molecule is FC(F)(F)c1ccc(-c2ccc3ncc(Cc4ccc5ncccc5c4)n3n2)cc1. The molecule has 0 amide bonds. The summed E-state index contributed by atoms with van der Waals surface area (Å²) >= 11 is 0. The van der Waals surface area contributed by atoms with E-state index >= 15 is 0 Å². The first-order valence-electron chi connectivity index (χ1n) is 9.32. The number of halogens is 3. The maximum Gasteiger partial charge on any atom is 0.416 e. The van der Waals surface area contributed by atoms with Crippen molar-refractivity contribution in [2.75, 3.05) is 0 Å². The van der Waals surface area contributed by atoms with Crippen molar-refractivity contribution in [3.63, 3.8) is 0 Å². The monoisotopic (exact) mass is 404 g/mol.